The highest BCUT2D eigenvalue weighted by molar-refractivity contribution is 4.97. The van der Waals surface area contributed by atoms with Crippen LogP contribution >= 0.6 is 0 Å². The van der Waals surface area contributed by atoms with Crippen molar-refractivity contribution >= 4 is 0 Å². The van der Waals surface area contributed by atoms with Gasteiger partial charge in [0.2, 0.25) is 0 Å². The number of ether oxygens (including phenoxy) is 1. The number of fused-ring (bicyclic) bond motifs is 2. The Hall–Kier alpha value is -0.160. The predicted molar refractivity (Wildman–Crippen MR) is 72.6 cm³/mol. The Kier molecular flexibility index (Phi) is 3.89. The second kappa shape index (κ2) is 5.45. The first kappa shape index (κ1) is 12.9. The van der Waals surface area contributed by atoms with Crippen LogP contribution in [0.5, 0.6) is 0 Å². The normalized spacial score (nSPS) is 42.3. The Labute approximate surface area is 110 Å². The quantitative estimate of drug-likeness (QED) is 0.802. The Bertz CT molecular complexity index is 272. The number of morpholine rings is 1. The van der Waals surface area contributed by atoms with Crippen molar-refractivity contribution in [1.29, 1.82) is 0 Å². The molecule has 4 nitrogen and oxygen atoms in total. The molecular formula is C14H27N3O. The van der Waals surface area contributed by atoms with Crippen molar-refractivity contribution in [3.63, 3.8) is 0 Å². The minimum Gasteiger partial charge on any atom is -0.374 e. The van der Waals surface area contributed by atoms with E-state index in [0.717, 1.165) is 44.9 Å². The van der Waals surface area contributed by atoms with Gasteiger partial charge in [-0.2, -0.15) is 0 Å². The first-order valence-corrected chi connectivity index (χ1v) is 7.61. The summed E-state index contributed by atoms with van der Waals surface area (Å²) in [6.07, 6.45) is 5.50. The summed E-state index contributed by atoms with van der Waals surface area (Å²) >= 11 is 0. The molecule has 0 saturated carbocycles. The number of piperidine rings is 1. The van der Waals surface area contributed by atoms with E-state index in [9.17, 15) is 0 Å². The molecule has 2 N–H and O–H groups in total. The summed E-state index contributed by atoms with van der Waals surface area (Å²) in [6.45, 7) is 7.63. The minimum absolute atomic E-state index is 0.413. The van der Waals surface area contributed by atoms with Crippen LogP contribution in [-0.4, -0.2) is 66.8 Å². The monoisotopic (exact) mass is 253 g/mol. The molecule has 3 fully saturated rings. The maximum Gasteiger partial charge on any atom is 0.0829 e. The average molecular weight is 253 g/mol. The zero-order chi connectivity index (χ0) is 12.5. The van der Waals surface area contributed by atoms with Crippen LogP contribution in [0.4, 0.5) is 0 Å². The molecule has 4 heteroatoms. The molecule has 3 aliphatic rings. The summed E-state index contributed by atoms with van der Waals surface area (Å²) in [5, 5.41) is 0. The third-order valence-corrected chi connectivity index (χ3v) is 5.01. The number of nitrogens with two attached hydrogens (primary N) is 1. The lowest BCUT2D eigenvalue weighted by Gasteiger charge is -2.41. The van der Waals surface area contributed by atoms with Gasteiger partial charge in [-0.1, -0.05) is 6.92 Å². The molecule has 3 aliphatic heterocycles. The van der Waals surface area contributed by atoms with Crippen LogP contribution in [0.3, 0.4) is 0 Å². The largest absolute Gasteiger partial charge is 0.374 e. The highest BCUT2D eigenvalue weighted by Gasteiger charge is 2.40. The molecule has 0 aromatic rings. The lowest BCUT2D eigenvalue weighted by atomic mass is 9.97. The summed E-state index contributed by atoms with van der Waals surface area (Å²) in [4.78, 5) is 5.21. The van der Waals surface area contributed by atoms with Crippen LogP contribution in [0, 0.1) is 0 Å². The first-order valence-electron chi connectivity index (χ1n) is 7.61. The van der Waals surface area contributed by atoms with E-state index in [1.165, 1.54) is 25.7 Å². The first-order chi connectivity index (χ1) is 8.76. The molecule has 0 aromatic heterocycles. The molecule has 18 heavy (non-hydrogen) atoms. The fourth-order valence-electron chi connectivity index (χ4n) is 4.03. The molecule has 3 heterocycles. The third-order valence-electron chi connectivity index (χ3n) is 5.01. The molecule has 3 saturated heterocycles. The van der Waals surface area contributed by atoms with Crippen molar-refractivity contribution in [2.45, 2.75) is 56.8 Å². The molecule has 104 valence electrons. The lowest BCUT2D eigenvalue weighted by Crippen LogP contribution is -2.53. The van der Waals surface area contributed by atoms with E-state index in [1.54, 1.807) is 0 Å². The van der Waals surface area contributed by atoms with Crippen molar-refractivity contribution in [2.75, 3.05) is 32.8 Å². The molecule has 0 aliphatic carbocycles. The maximum atomic E-state index is 6.13. The Morgan fingerprint density at radius 1 is 1.22 bits per heavy atom. The van der Waals surface area contributed by atoms with Gasteiger partial charge >= 0.3 is 0 Å². The smallest absolute Gasteiger partial charge is 0.0829 e. The van der Waals surface area contributed by atoms with Gasteiger partial charge in [-0.05, 0) is 32.2 Å². The van der Waals surface area contributed by atoms with Crippen molar-refractivity contribution in [3.8, 4) is 0 Å². The molecule has 0 amide bonds. The van der Waals surface area contributed by atoms with Crippen LogP contribution in [-0.2, 0) is 4.74 Å². The summed E-state index contributed by atoms with van der Waals surface area (Å²) in [6, 6.07) is 1.91. The summed E-state index contributed by atoms with van der Waals surface area (Å²) in [7, 11) is 0. The lowest BCUT2D eigenvalue weighted by molar-refractivity contribution is -0.0532. The zero-order valence-corrected chi connectivity index (χ0v) is 11.6. The van der Waals surface area contributed by atoms with Crippen molar-refractivity contribution in [1.82, 2.24) is 9.80 Å². The number of likely N-dealkylation sites (N-methyl/N-ethyl adjacent to an activating group) is 1. The van der Waals surface area contributed by atoms with Crippen LogP contribution in [0.15, 0.2) is 0 Å². The topological polar surface area (TPSA) is 41.7 Å². The Morgan fingerprint density at radius 2 is 1.94 bits per heavy atom. The van der Waals surface area contributed by atoms with Crippen LogP contribution in [0.1, 0.15) is 32.6 Å². The van der Waals surface area contributed by atoms with Gasteiger partial charge in [0.25, 0.3) is 0 Å². The van der Waals surface area contributed by atoms with Gasteiger partial charge < -0.3 is 10.5 Å². The predicted octanol–water partition coefficient (Wildman–Crippen LogP) is 0.661. The average Bonchev–Trinajstić information content (AvgIpc) is 2.62. The number of hydrogen-bond acceptors (Lipinski definition) is 4. The van der Waals surface area contributed by atoms with Gasteiger partial charge in [0.15, 0.2) is 0 Å². The molecule has 3 atom stereocenters. The Balaban J connectivity index is 1.56. The summed E-state index contributed by atoms with van der Waals surface area (Å²) < 4.78 is 5.95. The van der Waals surface area contributed by atoms with Crippen LogP contribution in [0.2, 0.25) is 0 Å². The van der Waals surface area contributed by atoms with E-state index < -0.39 is 0 Å². The van der Waals surface area contributed by atoms with E-state index in [4.69, 9.17) is 10.5 Å². The van der Waals surface area contributed by atoms with Crippen molar-refractivity contribution in [3.05, 3.63) is 0 Å². The fraction of sp³-hybridized carbons (Fsp3) is 1.00. The van der Waals surface area contributed by atoms with E-state index in [1.807, 2.05) is 0 Å². The molecule has 2 bridgehead atoms. The van der Waals surface area contributed by atoms with Gasteiger partial charge in [-0.3, -0.25) is 9.80 Å². The van der Waals surface area contributed by atoms with Gasteiger partial charge in [-0.25, -0.2) is 0 Å². The highest BCUT2D eigenvalue weighted by Crippen LogP contribution is 2.35. The standard InChI is InChI=1S/C14H27N3O/c1-2-16-5-6-18-14(9-16)10-17-12-3-4-13(17)8-11(15)7-12/h11-14H,2-10,15H2,1H3. The Morgan fingerprint density at radius 3 is 2.61 bits per heavy atom. The van der Waals surface area contributed by atoms with Crippen LogP contribution in [0.25, 0.3) is 0 Å². The third kappa shape index (κ3) is 2.57. The van der Waals surface area contributed by atoms with Gasteiger partial charge in [0, 0.05) is 37.8 Å². The van der Waals surface area contributed by atoms with Crippen molar-refractivity contribution in [2.24, 2.45) is 5.73 Å². The van der Waals surface area contributed by atoms with E-state index in [2.05, 4.69) is 16.7 Å². The SMILES string of the molecule is CCN1CCOC(CN2C3CCC2CC(N)C3)C1. The highest BCUT2D eigenvalue weighted by atomic mass is 16.5. The minimum atomic E-state index is 0.413. The second-order valence-corrected chi connectivity index (χ2v) is 6.20. The van der Waals surface area contributed by atoms with E-state index in [0.29, 0.717) is 12.1 Å². The molecular weight excluding hydrogens is 226 g/mol. The van der Waals surface area contributed by atoms with Gasteiger partial charge in [-0.15, -0.1) is 0 Å². The zero-order valence-electron chi connectivity index (χ0n) is 11.6. The molecule has 3 rings (SSSR count). The summed E-state index contributed by atoms with van der Waals surface area (Å²) in [5.74, 6) is 0. The second-order valence-electron chi connectivity index (χ2n) is 6.20. The summed E-state index contributed by atoms with van der Waals surface area (Å²) in [5.41, 5.74) is 6.13. The van der Waals surface area contributed by atoms with Crippen molar-refractivity contribution < 1.29 is 4.74 Å². The molecule has 0 spiro atoms. The van der Waals surface area contributed by atoms with Crippen LogP contribution < -0.4 is 5.73 Å². The maximum absolute atomic E-state index is 6.13. The van der Waals surface area contributed by atoms with Gasteiger partial charge in [0.05, 0.1) is 12.7 Å². The van der Waals surface area contributed by atoms with E-state index in [-0.39, 0.29) is 0 Å². The van der Waals surface area contributed by atoms with E-state index >= 15 is 0 Å². The number of hydrogen-bond donors (Lipinski definition) is 1. The molecule has 0 radical (unpaired) electrons. The fourth-order valence-corrected chi connectivity index (χ4v) is 4.03. The van der Waals surface area contributed by atoms with Gasteiger partial charge in [0.1, 0.15) is 0 Å². The molecule has 3 unspecified atom stereocenters. The number of rotatable bonds is 3. The molecule has 0 aromatic carbocycles. The number of nitrogens with zero attached hydrogens (tertiary/aromatic N) is 2.